The topological polar surface area (TPSA) is 97.5 Å². The fraction of sp³-hybridized carbons (Fsp3) is 0.417. The summed E-state index contributed by atoms with van der Waals surface area (Å²) < 4.78 is 0. The molecule has 0 radical (unpaired) electrons. The van der Waals surface area contributed by atoms with Gasteiger partial charge in [-0.1, -0.05) is 42.5 Å². The van der Waals surface area contributed by atoms with Crippen molar-refractivity contribution in [2.45, 2.75) is 32.6 Å². The van der Waals surface area contributed by atoms with E-state index in [1.54, 1.807) is 43.3 Å². The van der Waals surface area contributed by atoms with Crippen LogP contribution >= 0.6 is 0 Å². The molecule has 1 fully saturated rings. The molecule has 3 rings (SSSR count). The number of nitrogens with zero attached hydrogens (tertiary/aromatic N) is 1. The Labute approximate surface area is 176 Å². The number of amides is 1. The molecule has 0 spiro atoms. The second kappa shape index (κ2) is 9.76. The molecule has 6 nitrogen and oxygen atoms in total. The van der Waals surface area contributed by atoms with E-state index in [9.17, 15) is 19.2 Å². The van der Waals surface area contributed by atoms with Crippen molar-refractivity contribution in [2.24, 2.45) is 17.6 Å². The van der Waals surface area contributed by atoms with Gasteiger partial charge in [-0.15, -0.1) is 0 Å². The first-order chi connectivity index (χ1) is 14.4. The lowest BCUT2D eigenvalue weighted by molar-refractivity contribution is -0.132. The summed E-state index contributed by atoms with van der Waals surface area (Å²) in [5.74, 6) is -2.39. The van der Waals surface area contributed by atoms with E-state index in [4.69, 9.17) is 5.73 Å². The van der Waals surface area contributed by atoms with Crippen molar-refractivity contribution in [3.8, 4) is 0 Å². The van der Waals surface area contributed by atoms with Gasteiger partial charge in [0.2, 0.25) is 17.5 Å². The molecule has 2 N–H and O–H groups in total. The van der Waals surface area contributed by atoms with Crippen molar-refractivity contribution in [3.63, 3.8) is 0 Å². The number of piperidine rings is 1. The summed E-state index contributed by atoms with van der Waals surface area (Å²) in [6.07, 6.45) is 6.11. The summed E-state index contributed by atoms with van der Waals surface area (Å²) in [6.45, 7) is 3.55. The molecule has 1 atom stereocenters. The Morgan fingerprint density at radius 3 is 2.40 bits per heavy atom. The van der Waals surface area contributed by atoms with Crippen molar-refractivity contribution in [2.75, 3.05) is 19.6 Å². The number of ketones is 3. The zero-order chi connectivity index (χ0) is 21.7. The Morgan fingerprint density at radius 2 is 1.77 bits per heavy atom. The first-order valence-corrected chi connectivity index (χ1v) is 10.5. The second-order valence-electron chi connectivity index (χ2n) is 7.89. The molecule has 1 aromatic carbocycles. The quantitative estimate of drug-likeness (QED) is 0.425. The number of carbonyl (C=O) groups excluding carboxylic acids is 4. The minimum atomic E-state index is -1.06. The van der Waals surface area contributed by atoms with E-state index in [1.165, 1.54) is 0 Å². The monoisotopic (exact) mass is 408 g/mol. The normalized spacial score (nSPS) is 19.9. The van der Waals surface area contributed by atoms with Crippen LogP contribution in [0.25, 0.3) is 0 Å². The average Bonchev–Trinajstić information content (AvgIpc) is 2.79. The van der Waals surface area contributed by atoms with Crippen LogP contribution < -0.4 is 5.73 Å². The second-order valence-corrected chi connectivity index (χ2v) is 7.89. The number of hydrogen-bond donors (Lipinski definition) is 1. The molecule has 30 heavy (non-hydrogen) atoms. The summed E-state index contributed by atoms with van der Waals surface area (Å²) >= 11 is 0. The van der Waals surface area contributed by atoms with Gasteiger partial charge in [0.25, 0.3) is 0 Å². The van der Waals surface area contributed by atoms with E-state index in [-0.39, 0.29) is 17.6 Å². The molecule has 1 amide bonds. The highest BCUT2D eigenvalue weighted by molar-refractivity contribution is 6.48. The van der Waals surface area contributed by atoms with Crippen LogP contribution in [0.15, 0.2) is 53.6 Å². The highest BCUT2D eigenvalue weighted by atomic mass is 16.2. The minimum Gasteiger partial charge on any atom is -0.343 e. The maximum atomic E-state index is 12.9. The molecule has 1 unspecified atom stereocenters. The molecule has 6 heteroatoms. The Morgan fingerprint density at radius 1 is 1.10 bits per heavy atom. The van der Waals surface area contributed by atoms with Crippen LogP contribution in [-0.2, 0) is 14.4 Å². The maximum Gasteiger partial charge on any atom is 0.229 e. The Kier molecular flexibility index (Phi) is 7.11. The number of benzene rings is 1. The van der Waals surface area contributed by atoms with Crippen LogP contribution in [-0.4, -0.2) is 47.8 Å². The molecule has 1 heterocycles. The molecule has 2 aliphatic rings. The number of hydrogen-bond acceptors (Lipinski definition) is 5. The summed E-state index contributed by atoms with van der Waals surface area (Å²) in [4.78, 5) is 52.0. The molecular formula is C24H28N2O4. The van der Waals surface area contributed by atoms with Gasteiger partial charge in [0.1, 0.15) is 5.92 Å². The summed E-state index contributed by atoms with van der Waals surface area (Å²) in [5, 5.41) is 0. The summed E-state index contributed by atoms with van der Waals surface area (Å²) in [6, 6.07) is 8.30. The van der Waals surface area contributed by atoms with E-state index in [1.807, 2.05) is 11.0 Å². The molecule has 0 bridgehead atoms. The largest absolute Gasteiger partial charge is 0.343 e. The number of nitrogens with two attached hydrogens (primary N) is 1. The zero-order valence-electron chi connectivity index (χ0n) is 17.3. The zero-order valence-corrected chi connectivity index (χ0v) is 17.3. The van der Waals surface area contributed by atoms with Gasteiger partial charge in [0.05, 0.1) is 0 Å². The van der Waals surface area contributed by atoms with Crippen LogP contribution in [0.1, 0.15) is 43.0 Å². The van der Waals surface area contributed by atoms with Crippen LogP contribution in [0.2, 0.25) is 0 Å². The summed E-state index contributed by atoms with van der Waals surface area (Å²) in [7, 11) is 0. The van der Waals surface area contributed by atoms with Crippen LogP contribution in [0.3, 0.4) is 0 Å². The number of likely N-dealkylation sites (tertiary alicyclic amines) is 1. The molecule has 1 aliphatic heterocycles. The first kappa shape index (κ1) is 21.8. The lowest BCUT2D eigenvalue weighted by Gasteiger charge is -2.34. The van der Waals surface area contributed by atoms with E-state index >= 15 is 0 Å². The van der Waals surface area contributed by atoms with Gasteiger partial charge in [0.15, 0.2) is 5.78 Å². The first-order valence-electron chi connectivity index (χ1n) is 10.5. The van der Waals surface area contributed by atoms with Gasteiger partial charge >= 0.3 is 0 Å². The van der Waals surface area contributed by atoms with Gasteiger partial charge in [-0.05, 0) is 49.8 Å². The van der Waals surface area contributed by atoms with Gasteiger partial charge in [-0.2, -0.15) is 0 Å². The molecule has 0 aromatic heterocycles. The number of allylic oxidation sites excluding steroid dienone is 4. The molecule has 0 saturated carbocycles. The third-order valence-corrected chi connectivity index (χ3v) is 5.98. The fourth-order valence-electron chi connectivity index (χ4n) is 4.16. The van der Waals surface area contributed by atoms with Crippen molar-refractivity contribution in [1.29, 1.82) is 0 Å². The molecular weight excluding hydrogens is 380 g/mol. The third kappa shape index (κ3) is 4.65. The van der Waals surface area contributed by atoms with Crippen LogP contribution in [0.5, 0.6) is 0 Å². The van der Waals surface area contributed by atoms with Crippen molar-refractivity contribution < 1.29 is 19.2 Å². The number of carbonyl (C=O) groups is 4. The fourth-order valence-corrected chi connectivity index (χ4v) is 4.16. The highest BCUT2D eigenvalue weighted by Gasteiger charge is 2.35. The minimum absolute atomic E-state index is 0.130. The van der Waals surface area contributed by atoms with Gasteiger partial charge in [-0.25, -0.2) is 0 Å². The molecule has 1 aromatic rings. The Balaban J connectivity index is 1.64. The highest BCUT2D eigenvalue weighted by Crippen LogP contribution is 2.33. The third-order valence-electron chi connectivity index (χ3n) is 5.98. The predicted octanol–water partition coefficient (Wildman–Crippen LogP) is 2.49. The van der Waals surface area contributed by atoms with E-state index in [2.05, 4.69) is 0 Å². The van der Waals surface area contributed by atoms with E-state index in [0.717, 1.165) is 18.4 Å². The molecule has 158 valence electrons. The average molecular weight is 408 g/mol. The Bertz CT molecular complexity index is 893. The number of Topliss-reactive ketones (excluding diaryl/α,β-unsaturated/α-hetero) is 3. The van der Waals surface area contributed by atoms with Crippen molar-refractivity contribution >= 4 is 23.3 Å². The van der Waals surface area contributed by atoms with Gasteiger partial charge in [-0.3, -0.25) is 19.2 Å². The lowest BCUT2D eigenvalue weighted by atomic mass is 9.78. The predicted molar refractivity (Wildman–Crippen MR) is 114 cm³/mol. The Hall–Kier alpha value is -2.86. The molecule has 1 aliphatic carbocycles. The molecule has 1 saturated heterocycles. The van der Waals surface area contributed by atoms with Crippen LogP contribution in [0.4, 0.5) is 0 Å². The number of rotatable bonds is 7. The smallest absolute Gasteiger partial charge is 0.229 e. The lowest BCUT2D eigenvalue weighted by Crippen LogP contribution is -2.39. The van der Waals surface area contributed by atoms with E-state index < -0.39 is 17.5 Å². The summed E-state index contributed by atoms with van der Waals surface area (Å²) in [5.41, 5.74) is 7.24. The van der Waals surface area contributed by atoms with Crippen molar-refractivity contribution in [1.82, 2.24) is 4.90 Å². The van der Waals surface area contributed by atoms with Crippen LogP contribution in [0, 0.1) is 11.8 Å². The standard InChI is InChI=1S/C24H28N2O4/c1-16-19(17-11-14-26(15-12-17)21(27)8-5-13-25)9-10-20(22(16)28)24(30)23(29)18-6-3-2-4-7-18/h2-4,6-7,9-10,17,20H,5,8,11-15,25H2,1H3. The van der Waals surface area contributed by atoms with Crippen molar-refractivity contribution in [3.05, 3.63) is 59.2 Å². The SMILES string of the molecule is CC1=C(C2CCN(C(=O)CCCN)CC2)C=CC(C(=O)C(=O)c2ccccc2)C1=O. The van der Waals surface area contributed by atoms with Gasteiger partial charge < -0.3 is 10.6 Å². The van der Waals surface area contributed by atoms with E-state index in [0.29, 0.717) is 43.6 Å². The maximum absolute atomic E-state index is 12.9. The van der Waals surface area contributed by atoms with Gasteiger partial charge in [0, 0.05) is 25.1 Å².